The van der Waals surface area contributed by atoms with Crippen LogP contribution < -0.4 is 20.7 Å². The summed E-state index contributed by atoms with van der Waals surface area (Å²) in [5.74, 6) is 0.541. The summed E-state index contributed by atoms with van der Waals surface area (Å²) in [6.45, 7) is 5.25. The maximum absolute atomic E-state index is 13.4. The van der Waals surface area contributed by atoms with Crippen molar-refractivity contribution in [3.63, 3.8) is 0 Å². The van der Waals surface area contributed by atoms with Crippen LogP contribution in [0.1, 0.15) is 71.8 Å². The summed E-state index contributed by atoms with van der Waals surface area (Å²) in [6.07, 6.45) is 11.3. The number of carbonyl (C=O) groups is 2. The minimum atomic E-state index is -0.250. The van der Waals surface area contributed by atoms with E-state index in [0.29, 0.717) is 24.5 Å². The van der Waals surface area contributed by atoms with Crippen LogP contribution in [0.2, 0.25) is 0 Å². The molecule has 0 unspecified atom stereocenters. The van der Waals surface area contributed by atoms with Gasteiger partial charge in [0.1, 0.15) is 0 Å². The van der Waals surface area contributed by atoms with E-state index in [-0.39, 0.29) is 12.4 Å². The summed E-state index contributed by atoms with van der Waals surface area (Å²) < 4.78 is 5.57. The quantitative estimate of drug-likeness (QED) is 0.419. The number of fused-ring (bicyclic) bond motifs is 2. The summed E-state index contributed by atoms with van der Waals surface area (Å²) in [5, 5.41) is 10.0. The highest BCUT2D eigenvalue weighted by Gasteiger charge is 2.26. The van der Waals surface area contributed by atoms with Crippen molar-refractivity contribution < 1.29 is 19.4 Å². The molecule has 1 aliphatic carbocycles. The minimum absolute atomic E-state index is 0.0545. The van der Waals surface area contributed by atoms with Gasteiger partial charge in [0.2, 0.25) is 5.88 Å². The molecule has 0 spiro atoms. The van der Waals surface area contributed by atoms with Crippen LogP contribution >= 0.6 is 0 Å². The maximum atomic E-state index is 13.4. The number of pyridine rings is 1. The molecule has 2 aliphatic rings. The van der Waals surface area contributed by atoms with Gasteiger partial charge >= 0.3 is 0 Å². The topological polar surface area (TPSA) is 118 Å². The van der Waals surface area contributed by atoms with Gasteiger partial charge in [-0.2, -0.15) is 0 Å². The molecule has 8 nitrogen and oxygen atoms in total. The van der Waals surface area contributed by atoms with Gasteiger partial charge in [-0.3, -0.25) is 9.59 Å². The number of ether oxygens (including phenoxy) is 1. The van der Waals surface area contributed by atoms with Crippen LogP contribution in [-0.4, -0.2) is 48.2 Å². The normalized spacial score (nSPS) is 20.4. The number of aromatic nitrogens is 1. The molecule has 0 bridgehead atoms. The van der Waals surface area contributed by atoms with E-state index in [0.717, 1.165) is 73.9 Å². The van der Waals surface area contributed by atoms with Gasteiger partial charge in [0.15, 0.2) is 0 Å². The molecule has 4 N–H and O–H groups in total. The van der Waals surface area contributed by atoms with Crippen LogP contribution in [0.15, 0.2) is 36.4 Å². The van der Waals surface area contributed by atoms with Crippen molar-refractivity contribution in [2.24, 2.45) is 5.73 Å². The van der Waals surface area contributed by atoms with Crippen molar-refractivity contribution >= 4 is 18.1 Å². The highest BCUT2D eigenvalue weighted by Crippen LogP contribution is 2.32. The number of amides is 1. The van der Waals surface area contributed by atoms with E-state index in [2.05, 4.69) is 46.4 Å². The van der Waals surface area contributed by atoms with Gasteiger partial charge in [0, 0.05) is 47.7 Å². The summed E-state index contributed by atoms with van der Waals surface area (Å²) in [6, 6.07) is 9.03. The van der Waals surface area contributed by atoms with Gasteiger partial charge in [-0.05, 0) is 88.1 Å². The number of allylic oxidation sites excluding steroid dienone is 2. The van der Waals surface area contributed by atoms with Gasteiger partial charge < -0.3 is 25.8 Å². The lowest BCUT2D eigenvalue weighted by molar-refractivity contribution is -0.122. The largest absolute Gasteiger partial charge is 0.483 e. The minimum Gasteiger partial charge on any atom is -0.483 e. The number of anilines is 1. The van der Waals surface area contributed by atoms with Crippen LogP contribution in [0.25, 0.3) is 0 Å². The van der Waals surface area contributed by atoms with E-state index in [1.54, 1.807) is 7.11 Å². The first kappa shape index (κ1) is 28.2. The molecule has 1 amide bonds. The average Bonchev–Trinajstić information content (AvgIpc) is 2.89. The fraction of sp³-hybridized carbons (Fsp3) is 0.483. The third-order valence-electron chi connectivity index (χ3n) is 7.22. The second-order valence-electron chi connectivity index (χ2n) is 9.57. The lowest BCUT2D eigenvalue weighted by Gasteiger charge is -2.38. The smallest absolute Gasteiger partial charge is 0.290 e. The Kier molecular flexibility index (Phi) is 10.5. The van der Waals surface area contributed by atoms with Crippen molar-refractivity contribution in [3.05, 3.63) is 64.4 Å². The Morgan fingerprint density at radius 2 is 1.95 bits per heavy atom. The fourth-order valence-corrected chi connectivity index (χ4v) is 5.45. The third-order valence-corrected chi connectivity index (χ3v) is 7.22. The Morgan fingerprint density at radius 1 is 1.22 bits per heavy atom. The van der Waals surface area contributed by atoms with Gasteiger partial charge in [0.25, 0.3) is 12.4 Å². The number of hydrogen-bond acceptors (Lipinski definition) is 6. The number of rotatable bonds is 4. The van der Waals surface area contributed by atoms with Crippen molar-refractivity contribution in [2.45, 2.75) is 77.4 Å². The number of nitrogens with zero attached hydrogens (tertiary/aromatic N) is 2. The van der Waals surface area contributed by atoms with E-state index >= 15 is 0 Å². The molecule has 200 valence electrons. The van der Waals surface area contributed by atoms with Crippen molar-refractivity contribution in [2.75, 3.05) is 18.6 Å². The number of nitrogens with one attached hydrogen (secondary N) is 1. The van der Waals surface area contributed by atoms with E-state index < -0.39 is 0 Å². The van der Waals surface area contributed by atoms with Crippen LogP contribution in [0.3, 0.4) is 0 Å². The molecule has 1 fully saturated rings. The number of benzene rings is 1. The molecule has 1 aromatic carbocycles. The Labute approximate surface area is 219 Å². The lowest BCUT2D eigenvalue weighted by Crippen LogP contribution is -2.41. The molecular weight excluding hydrogens is 468 g/mol. The molecular formula is C29H40N4O4. The average molecular weight is 509 g/mol. The fourth-order valence-electron chi connectivity index (χ4n) is 5.45. The maximum Gasteiger partial charge on any atom is 0.290 e. The molecule has 37 heavy (non-hydrogen) atoms. The first-order valence-electron chi connectivity index (χ1n) is 13.1. The molecule has 1 aliphatic heterocycles. The second kappa shape index (κ2) is 13.8. The highest BCUT2D eigenvalue weighted by molar-refractivity contribution is 5.97. The van der Waals surface area contributed by atoms with E-state index in [9.17, 15) is 4.79 Å². The van der Waals surface area contributed by atoms with E-state index in [4.69, 9.17) is 20.4 Å². The third kappa shape index (κ3) is 7.10. The van der Waals surface area contributed by atoms with E-state index in [1.165, 1.54) is 11.3 Å². The van der Waals surface area contributed by atoms with Gasteiger partial charge in [0.05, 0.1) is 7.11 Å². The summed E-state index contributed by atoms with van der Waals surface area (Å²) in [5.41, 5.74) is 12.3. The van der Waals surface area contributed by atoms with Crippen LogP contribution in [0.5, 0.6) is 5.88 Å². The van der Waals surface area contributed by atoms with Crippen molar-refractivity contribution in [3.8, 4) is 5.88 Å². The highest BCUT2D eigenvalue weighted by atomic mass is 16.5. The van der Waals surface area contributed by atoms with Crippen LogP contribution in [-0.2, 0) is 24.2 Å². The number of nitrogens with two attached hydrogens (primary N) is 1. The predicted molar refractivity (Wildman–Crippen MR) is 146 cm³/mol. The molecule has 0 atom stereocenters. The van der Waals surface area contributed by atoms with Crippen LogP contribution in [0.4, 0.5) is 5.69 Å². The number of aryl methyl sites for hydroxylation is 2. The molecule has 1 aromatic heterocycles. The summed E-state index contributed by atoms with van der Waals surface area (Å²) in [4.78, 5) is 28.8. The van der Waals surface area contributed by atoms with Crippen molar-refractivity contribution in [1.82, 2.24) is 10.3 Å². The van der Waals surface area contributed by atoms with Crippen LogP contribution in [0, 0.1) is 6.92 Å². The molecule has 2 aromatic rings. The lowest BCUT2D eigenvalue weighted by atomic mass is 9.89. The Balaban J connectivity index is 0.00000121. The number of carbonyl (C=O) groups excluding carboxylic acids is 1. The number of hydrogen-bond donors (Lipinski definition) is 3. The summed E-state index contributed by atoms with van der Waals surface area (Å²) >= 11 is 0. The summed E-state index contributed by atoms with van der Waals surface area (Å²) in [7, 11) is 1.64. The zero-order valence-electron chi connectivity index (χ0n) is 22.2. The first-order chi connectivity index (χ1) is 17.9. The van der Waals surface area contributed by atoms with Gasteiger partial charge in [-0.1, -0.05) is 18.2 Å². The molecule has 8 heteroatoms. The Hall–Kier alpha value is -3.39. The zero-order valence-corrected chi connectivity index (χ0v) is 22.2. The second-order valence-corrected chi connectivity index (χ2v) is 9.57. The Morgan fingerprint density at radius 3 is 2.62 bits per heavy atom. The monoisotopic (exact) mass is 508 g/mol. The SMILES string of the molecule is CCN(c1cccc2c1C/C=C/CCc1cc(C)nc(OC)c1CNC2=O)C1CCC(N)CC1.O=CO. The zero-order chi connectivity index (χ0) is 26.8. The van der Waals surface area contributed by atoms with E-state index in [1.807, 2.05) is 19.1 Å². The standard InChI is InChI=1S/C28H38N4O2.CH2O2/c1-4-32(22-15-13-21(29)14-16-22)26-12-8-11-24-23(26)10-7-5-6-9-20-17-19(2)31-28(34-3)25(20)18-30-27(24)33;2-1-3/h5,7-8,11-12,17,21-22H,4,6,9-10,13-16,18,29H2,1-3H3,(H,30,33);1H,(H,2,3)/b7-5+;. The van der Waals surface area contributed by atoms with Gasteiger partial charge in [-0.15, -0.1) is 0 Å². The first-order valence-corrected chi connectivity index (χ1v) is 13.1. The molecule has 0 saturated heterocycles. The number of carboxylic acid groups (broad SMARTS) is 1. The predicted octanol–water partition coefficient (Wildman–Crippen LogP) is 4.17. The Bertz CT molecular complexity index is 1090. The molecule has 1 saturated carbocycles. The number of methoxy groups -OCH3 is 1. The molecule has 4 rings (SSSR count). The van der Waals surface area contributed by atoms with Crippen molar-refractivity contribution in [1.29, 1.82) is 0 Å². The molecule has 0 radical (unpaired) electrons. The molecule has 2 heterocycles. The van der Waals surface area contributed by atoms with Gasteiger partial charge in [-0.25, -0.2) is 4.98 Å².